The lowest BCUT2D eigenvalue weighted by Gasteiger charge is -2.08. The van der Waals surface area contributed by atoms with Gasteiger partial charge in [-0.25, -0.2) is 4.39 Å². The SMILES string of the molecule is Cc1cc(OCC(=O)NNC(=O)/C=C/c2c(F)cccc2Cl)ccc1Cl. The number of aryl methyl sites for hydroxylation is 1. The summed E-state index contributed by atoms with van der Waals surface area (Å²) in [6.45, 7) is 1.51. The Balaban J connectivity index is 1.80. The standard InChI is InChI=1S/C18H15Cl2FN2O3/c1-11-9-12(5-7-14(11)19)26-10-18(25)23-22-17(24)8-6-13-15(20)3-2-4-16(13)21/h2-9H,10H2,1H3,(H,22,24)(H,23,25)/b8-6+. The summed E-state index contributed by atoms with van der Waals surface area (Å²) >= 11 is 11.7. The molecular weight excluding hydrogens is 382 g/mol. The molecule has 0 aliphatic heterocycles. The lowest BCUT2D eigenvalue weighted by Crippen LogP contribution is -2.43. The average Bonchev–Trinajstić information content (AvgIpc) is 2.60. The summed E-state index contributed by atoms with van der Waals surface area (Å²) in [6, 6.07) is 9.15. The predicted molar refractivity (Wildman–Crippen MR) is 98.4 cm³/mol. The van der Waals surface area contributed by atoms with Crippen LogP contribution >= 0.6 is 23.2 Å². The van der Waals surface area contributed by atoms with Gasteiger partial charge in [0, 0.05) is 16.7 Å². The van der Waals surface area contributed by atoms with E-state index in [-0.39, 0.29) is 17.2 Å². The number of nitrogens with one attached hydrogen (secondary N) is 2. The van der Waals surface area contributed by atoms with E-state index in [1.54, 1.807) is 18.2 Å². The molecule has 2 aromatic carbocycles. The van der Waals surface area contributed by atoms with Crippen molar-refractivity contribution in [1.82, 2.24) is 10.9 Å². The van der Waals surface area contributed by atoms with Gasteiger partial charge in [-0.05, 0) is 48.9 Å². The highest BCUT2D eigenvalue weighted by Gasteiger charge is 2.06. The molecule has 0 spiro atoms. The first-order valence-electron chi connectivity index (χ1n) is 7.46. The van der Waals surface area contributed by atoms with E-state index < -0.39 is 17.6 Å². The van der Waals surface area contributed by atoms with Crippen molar-refractivity contribution in [2.75, 3.05) is 6.61 Å². The van der Waals surface area contributed by atoms with E-state index in [4.69, 9.17) is 27.9 Å². The van der Waals surface area contributed by atoms with Crippen molar-refractivity contribution in [3.63, 3.8) is 0 Å². The van der Waals surface area contributed by atoms with Gasteiger partial charge in [0.2, 0.25) is 0 Å². The molecule has 2 rings (SSSR count). The molecular formula is C18H15Cl2FN2O3. The number of amides is 2. The maximum atomic E-state index is 13.6. The number of carbonyl (C=O) groups excluding carboxylic acids is 2. The van der Waals surface area contributed by atoms with Gasteiger partial charge in [-0.3, -0.25) is 20.4 Å². The van der Waals surface area contributed by atoms with Crippen LogP contribution in [0.1, 0.15) is 11.1 Å². The van der Waals surface area contributed by atoms with Crippen LogP contribution in [0.5, 0.6) is 5.75 Å². The van der Waals surface area contributed by atoms with Crippen LogP contribution in [0.4, 0.5) is 4.39 Å². The minimum absolute atomic E-state index is 0.0806. The molecule has 8 heteroatoms. The van der Waals surface area contributed by atoms with Crippen molar-refractivity contribution < 1.29 is 18.7 Å². The smallest absolute Gasteiger partial charge is 0.276 e. The van der Waals surface area contributed by atoms with E-state index in [0.717, 1.165) is 11.6 Å². The summed E-state index contributed by atoms with van der Waals surface area (Å²) in [7, 11) is 0. The second kappa shape index (κ2) is 9.22. The van der Waals surface area contributed by atoms with Crippen molar-refractivity contribution in [2.24, 2.45) is 0 Å². The second-order valence-electron chi connectivity index (χ2n) is 5.21. The van der Waals surface area contributed by atoms with Crippen LogP contribution in [0.15, 0.2) is 42.5 Å². The topological polar surface area (TPSA) is 67.4 Å². The molecule has 0 heterocycles. The van der Waals surface area contributed by atoms with Crippen LogP contribution in [0.2, 0.25) is 10.0 Å². The number of halogens is 3. The molecule has 0 aromatic heterocycles. The number of rotatable bonds is 5. The van der Waals surface area contributed by atoms with Gasteiger partial charge in [-0.15, -0.1) is 0 Å². The first-order valence-corrected chi connectivity index (χ1v) is 8.22. The van der Waals surface area contributed by atoms with E-state index in [2.05, 4.69) is 10.9 Å². The minimum Gasteiger partial charge on any atom is -0.484 e. The van der Waals surface area contributed by atoms with E-state index in [1.165, 1.54) is 24.3 Å². The fraction of sp³-hybridized carbons (Fsp3) is 0.111. The number of carbonyl (C=O) groups is 2. The van der Waals surface area contributed by atoms with Gasteiger partial charge < -0.3 is 4.74 Å². The maximum absolute atomic E-state index is 13.6. The molecule has 0 fully saturated rings. The lowest BCUT2D eigenvalue weighted by atomic mass is 10.2. The molecule has 0 bridgehead atoms. The molecule has 2 amide bonds. The monoisotopic (exact) mass is 396 g/mol. The zero-order chi connectivity index (χ0) is 19.1. The third-order valence-corrected chi connectivity index (χ3v) is 3.98. The Morgan fingerprint density at radius 3 is 2.62 bits per heavy atom. The van der Waals surface area contributed by atoms with Crippen molar-refractivity contribution in [3.8, 4) is 5.75 Å². The van der Waals surface area contributed by atoms with Crippen LogP contribution in [0.25, 0.3) is 6.08 Å². The molecule has 2 aromatic rings. The molecule has 0 saturated carbocycles. The molecule has 0 saturated heterocycles. The van der Waals surface area contributed by atoms with Gasteiger partial charge in [-0.2, -0.15) is 0 Å². The number of hydrogen-bond donors (Lipinski definition) is 2. The first kappa shape index (κ1) is 19.8. The van der Waals surface area contributed by atoms with Crippen LogP contribution < -0.4 is 15.6 Å². The zero-order valence-electron chi connectivity index (χ0n) is 13.7. The summed E-state index contributed by atoms with van der Waals surface area (Å²) in [5.74, 6) is -1.30. The Hall–Kier alpha value is -2.57. The molecule has 136 valence electrons. The molecule has 26 heavy (non-hydrogen) atoms. The van der Waals surface area contributed by atoms with Crippen LogP contribution in [-0.2, 0) is 9.59 Å². The van der Waals surface area contributed by atoms with Crippen LogP contribution in [0, 0.1) is 12.7 Å². The maximum Gasteiger partial charge on any atom is 0.276 e. The van der Waals surface area contributed by atoms with Gasteiger partial charge >= 0.3 is 0 Å². The summed E-state index contributed by atoms with van der Waals surface area (Å²) in [5.41, 5.74) is 5.23. The summed E-state index contributed by atoms with van der Waals surface area (Å²) in [4.78, 5) is 23.3. The Morgan fingerprint density at radius 2 is 1.92 bits per heavy atom. The molecule has 2 N–H and O–H groups in total. The van der Waals surface area contributed by atoms with Gasteiger partial charge in [-0.1, -0.05) is 29.3 Å². The summed E-state index contributed by atoms with van der Waals surface area (Å²) in [5, 5.41) is 0.764. The highest BCUT2D eigenvalue weighted by molar-refractivity contribution is 6.32. The largest absolute Gasteiger partial charge is 0.484 e. The Kier molecular flexibility index (Phi) is 7.00. The van der Waals surface area contributed by atoms with Gasteiger partial charge in [0.1, 0.15) is 11.6 Å². The fourth-order valence-corrected chi connectivity index (χ4v) is 2.24. The first-order chi connectivity index (χ1) is 12.4. The lowest BCUT2D eigenvalue weighted by molar-refractivity contribution is -0.128. The van der Waals surface area contributed by atoms with Crippen molar-refractivity contribution in [3.05, 3.63) is 69.5 Å². The summed E-state index contributed by atoms with van der Waals surface area (Å²) in [6.07, 6.45) is 2.26. The molecule has 0 aliphatic carbocycles. The van der Waals surface area contributed by atoms with E-state index in [9.17, 15) is 14.0 Å². The number of benzene rings is 2. The zero-order valence-corrected chi connectivity index (χ0v) is 15.2. The number of ether oxygens (including phenoxy) is 1. The molecule has 0 unspecified atom stereocenters. The van der Waals surface area contributed by atoms with E-state index >= 15 is 0 Å². The number of hydrogen-bond acceptors (Lipinski definition) is 3. The predicted octanol–water partition coefficient (Wildman–Crippen LogP) is 3.68. The van der Waals surface area contributed by atoms with E-state index in [1.807, 2.05) is 6.92 Å². The van der Waals surface area contributed by atoms with Crippen molar-refractivity contribution in [1.29, 1.82) is 0 Å². The average molecular weight is 397 g/mol. The van der Waals surface area contributed by atoms with Gasteiger partial charge in [0.05, 0.1) is 5.02 Å². The molecule has 5 nitrogen and oxygen atoms in total. The Morgan fingerprint density at radius 1 is 1.15 bits per heavy atom. The normalized spacial score (nSPS) is 10.6. The molecule has 0 radical (unpaired) electrons. The van der Waals surface area contributed by atoms with Crippen LogP contribution in [-0.4, -0.2) is 18.4 Å². The second-order valence-corrected chi connectivity index (χ2v) is 6.02. The third-order valence-electron chi connectivity index (χ3n) is 3.23. The van der Waals surface area contributed by atoms with Crippen LogP contribution in [0.3, 0.4) is 0 Å². The highest BCUT2D eigenvalue weighted by atomic mass is 35.5. The molecule has 0 atom stereocenters. The van der Waals surface area contributed by atoms with Crippen molar-refractivity contribution in [2.45, 2.75) is 6.92 Å². The number of hydrazine groups is 1. The Bertz CT molecular complexity index is 836. The third kappa shape index (κ3) is 5.75. The quantitative estimate of drug-likeness (QED) is 0.598. The van der Waals surface area contributed by atoms with Crippen molar-refractivity contribution >= 4 is 41.1 Å². The fourth-order valence-electron chi connectivity index (χ4n) is 1.89. The molecule has 0 aliphatic rings. The highest BCUT2D eigenvalue weighted by Crippen LogP contribution is 2.21. The van der Waals surface area contributed by atoms with Gasteiger partial charge in [0.25, 0.3) is 11.8 Å². The van der Waals surface area contributed by atoms with Gasteiger partial charge in [0.15, 0.2) is 6.61 Å². The Labute approximate surface area is 159 Å². The minimum atomic E-state index is -0.653. The van der Waals surface area contributed by atoms with E-state index in [0.29, 0.717) is 10.8 Å². The summed E-state index contributed by atoms with van der Waals surface area (Å²) < 4.78 is 18.9.